The Bertz CT molecular complexity index is 129. The Morgan fingerprint density at radius 3 is 2.22 bits per heavy atom. The first-order valence-corrected chi connectivity index (χ1v) is 3.33. The van der Waals surface area contributed by atoms with E-state index in [0.29, 0.717) is 5.92 Å². The van der Waals surface area contributed by atoms with Crippen molar-refractivity contribution in [3.63, 3.8) is 0 Å². The van der Waals surface area contributed by atoms with Crippen LogP contribution in [0.5, 0.6) is 0 Å². The van der Waals surface area contributed by atoms with Crippen molar-refractivity contribution in [1.29, 1.82) is 0 Å². The van der Waals surface area contributed by atoms with E-state index < -0.39 is 0 Å². The molecule has 2 heteroatoms. The van der Waals surface area contributed by atoms with Crippen LogP contribution in [-0.4, -0.2) is 12.1 Å². The van der Waals surface area contributed by atoms with Gasteiger partial charge in [-0.1, -0.05) is 13.8 Å². The number of hydrogen-bond acceptors (Lipinski definition) is 2. The molecule has 9 heavy (non-hydrogen) atoms. The predicted molar refractivity (Wildman–Crippen MR) is 33.9 cm³/mol. The third kappa shape index (κ3) is 0.934. The molecule has 0 aromatic rings. The summed E-state index contributed by atoms with van der Waals surface area (Å²) in [5, 5.41) is 0. The molecular weight excluding hydrogens is 116 g/mol. The van der Waals surface area contributed by atoms with Crippen LogP contribution in [0, 0.1) is 11.8 Å². The van der Waals surface area contributed by atoms with Gasteiger partial charge in [-0.2, -0.15) is 0 Å². The summed E-state index contributed by atoms with van der Waals surface area (Å²) in [6.07, 6.45) is 0.178. The van der Waals surface area contributed by atoms with Crippen molar-refractivity contribution in [2.24, 2.45) is 11.8 Å². The lowest BCUT2D eigenvalue weighted by Crippen LogP contribution is -2.46. The van der Waals surface area contributed by atoms with Crippen LogP contribution in [0.25, 0.3) is 0 Å². The largest absolute Gasteiger partial charge is 0.461 e. The quantitative estimate of drug-likeness (QED) is 0.496. The van der Waals surface area contributed by atoms with E-state index in [1.165, 1.54) is 0 Å². The van der Waals surface area contributed by atoms with Crippen LogP contribution < -0.4 is 0 Å². The summed E-state index contributed by atoms with van der Waals surface area (Å²) in [6, 6.07) is 0. The Labute approximate surface area is 55.2 Å². The predicted octanol–water partition coefficient (Wildman–Crippen LogP) is 1.20. The Kier molecular flexibility index (Phi) is 1.47. The number of carbonyl (C=O) groups is 1. The van der Waals surface area contributed by atoms with Crippen LogP contribution in [0.4, 0.5) is 0 Å². The fourth-order valence-corrected chi connectivity index (χ4v) is 1.12. The highest BCUT2D eigenvalue weighted by atomic mass is 16.6. The van der Waals surface area contributed by atoms with Crippen LogP contribution in [0.15, 0.2) is 0 Å². The second-order valence-corrected chi connectivity index (χ2v) is 2.93. The molecule has 1 aliphatic rings. The van der Waals surface area contributed by atoms with Gasteiger partial charge in [0.2, 0.25) is 0 Å². The molecule has 1 heterocycles. The third-order valence-electron chi connectivity index (χ3n) is 1.77. The van der Waals surface area contributed by atoms with E-state index in [0.717, 1.165) is 0 Å². The Morgan fingerprint density at radius 1 is 1.56 bits per heavy atom. The highest BCUT2D eigenvalue weighted by Crippen LogP contribution is 2.27. The summed E-state index contributed by atoms with van der Waals surface area (Å²) in [5.74, 6) is 0.552. The Hall–Kier alpha value is -0.530. The molecule has 2 nitrogen and oxygen atoms in total. The molecular formula is C7H12O2. The Balaban J connectivity index is 2.42. The van der Waals surface area contributed by atoms with Crippen LogP contribution in [0.3, 0.4) is 0 Å². The van der Waals surface area contributed by atoms with E-state index in [2.05, 4.69) is 13.8 Å². The van der Waals surface area contributed by atoms with Gasteiger partial charge in [0.25, 0.3) is 0 Å². The van der Waals surface area contributed by atoms with Crippen molar-refractivity contribution < 1.29 is 9.53 Å². The van der Waals surface area contributed by atoms with E-state index in [-0.39, 0.29) is 18.0 Å². The van der Waals surface area contributed by atoms with Crippen LogP contribution in [0.1, 0.15) is 20.8 Å². The zero-order valence-corrected chi connectivity index (χ0v) is 6.05. The minimum atomic E-state index is -0.0475. The topological polar surface area (TPSA) is 26.3 Å². The number of hydrogen-bond donors (Lipinski definition) is 0. The van der Waals surface area contributed by atoms with Gasteiger partial charge in [0.05, 0.1) is 5.92 Å². The second-order valence-electron chi connectivity index (χ2n) is 2.93. The van der Waals surface area contributed by atoms with Crippen molar-refractivity contribution in [2.45, 2.75) is 26.9 Å². The van der Waals surface area contributed by atoms with Gasteiger partial charge >= 0.3 is 5.97 Å². The molecule has 1 fully saturated rings. The van der Waals surface area contributed by atoms with E-state index in [1.807, 2.05) is 6.92 Å². The van der Waals surface area contributed by atoms with Crippen LogP contribution in [0.2, 0.25) is 0 Å². The molecule has 2 unspecified atom stereocenters. The van der Waals surface area contributed by atoms with Gasteiger partial charge in [0, 0.05) is 0 Å². The van der Waals surface area contributed by atoms with Crippen molar-refractivity contribution >= 4 is 5.97 Å². The standard InChI is InChI=1S/C7H12O2/c1-4(2)6-5(3)7(8)9-6/h4-6H,1-3H3. The van der Waals surface area contributed by atoms with Gasteiger partial charge in [-0.05, 0) is 12.8 Å². The van der Waals surface area contributed by atoms with Gasteiger partial charge in [-0.3, -0.25) is 4.79 Å². The third-order valence-corrected chi connectivity index (χ3v) is 1.77. The van der Waals surface area contributed by atoms with E-state index in [1.54, 1.807) is 0 Å². The lowest BCUT2D eigenvalue weighted by atomic mass is 9.90. The molecule has 1 saturated heterocycles. The van der Waals surface area contributed by atoms with Gasteiger partial charge in [-0.15, -0.1) is 0 Å². The average molecular weight is 128 g/mol. The molecule has 0 aliphatic carbocycles. The van der Waals surface area contributed by atoms with Gasteiger partial charge in [0.15, 0.2) is 0 Å². The summed E-state index contributed by atoms with van der Waals surface area (Å²) in [6.45, 7) is 6.04. The first-order valence-electron chi connectivity index (χ1n) is 3.33. The number of carbonyl (C=O) groups excluding carboxylic acids is 1. The maximum atomic E-state index is 10.5. The number of rotatable bonds is 1. The lowest BCUT2D eigenvalue weighted by molar-refractivity contribution is -0.187. The minimum Gasteiger partial charge on any atom is -0.461 e. The van der Waals surface area contributed by atoms with Crippen molar-refractivity contribution in [3.8, 4) is 0 Å². The maximum Gasteiger partial charge on any atom is 0.312 e. The first-order chi connectivity index (χ1) is 4.13. The molecule has 0 saturated carbocycles. The van der Waals surface area contributed by atoms with E-state index in [9.17, 15) is 4.79 Å². The molecule has 0 radical (unpaired) electrons. The van der Waals surface area contributed by atoms with E-state index >= 15 is 0 Å². The van der Waals surface area contributed by atoms with Crippen LogP contribution >= 0.6 is 0 Å². The molecule has 1 aliphatic heterocycles. The molecule has 1 rings (SSSR count). The maximum absolute atomic E-state index is 10.5. The SMILES string of the molecule is CC(C)C1OC(=O)C1C. The molecule has 0 N–H and O–H groups in total. The fraction of sp³-hybridized carbons (Fsp3) is 0.857. The van der Waals surface area contributed by atoms with Crippen LogP contribution in [-0.2, 0) is 9.53 Å². The second kappa shape index (κ2) is 2.01. The number of ether oxygens (including phenoxy) is 1. The monoisotopic (exact) mass is 128 g/mol. The van der Waals surface area contributed by atoms with Gasteiger partial charge < -0.3 is 4.74 Å². The summed E-state index contributed by atoms with van der Waals surface area (Å²) >= 11 is 0. The summed E-state index contributed by atoms with van der Waals surface area (Å²) in [4.78, 5) is 10.5. The van der Waals surface area contributed by atoms with Gasteiger partial charge in [0.1, 0.15) is 6.10 Å². The molecule has 0 bridgehead atoms. The summed E-state index contributed by atoms with van der Waals surface area (Å²) < 4.78 is 4.87. The van der Waals surface area contributed by atoms with Gasteiger partial charge in [-0.25, -0.2) is 0 Å². The highest BCUT2D eigenvalue weighted by molar-refractivity contribution is 5.78. The fourth-order valence-electron chi connectivity index (χ4n) is 1.12. The lowest BCUT2D eigenvalue weighted by Gasteiger charge is -2.35. The van der Waals surface area contributed by atoms with Crippen molar-refractivity contribution in [3.05, 3.63) is 0 Å². The van der Waals surface area contributed by atoms with Crippen molar-refractivity contribution in [2.75, 3.05) is 0 Å². The van der Waals surface area contributed by atoms with Crippen molar-refractivity contribution in [1.82, 2.24) is 0 Å². The molecule has 0 amide bonds. The average Bonchev–Trinajstić information content (AvgIpc) is 1.81. The molecule has 0 aromatic carbocycles. The first kappa shape index (κ1) is 6.59. The highest BCUT2D eigenvalue weighted by Gasteiger charge is 2.40. The summed E-state index contributed by atoms with van der Waals surface area (Å²) in [5.41, 5.74) is 0. The summed E-state index contributed by atoms with van der Waals surface area (Å²) in [7, 11) is 0. The van der Waals surface area contributed by atoms with E-state index in [4.69, 9.17) is 4.74 Å². The molecule has 0 aromatic heterocycles. The number of esters is 1. The zero-order chi connectivity index (χ0) is 7.02. The normalized spacial score (nSPS) is 34.0. The molecule has 2 atom stereocenters. The number of cyclic esters (lactones) is 1. The molecule has 52 valence electrons. The Morgan fingerprint density at radius 2 is 2.11 bits per heavy atom. The zero-order valence-electron chi connectivity index (χ0n) is 6.05. The smallest absolute Gasteiger partial charge is 0.312 e. The minimum absolute atomic E-state index is 0.0475. The molecule has 0 spiro atoms.